The summed E-state index contributed by atoms with van der Waals surface area (Å²) in [6, 6.07) is 17.6. The Hall–Kier alpha value is -3.19. The minimum atomic E-state index is 0.413. The molecule has 1 N–H and O–H groups in total. The van der Waals surface area contributed by atoms with Crippen molar-refractivity contribution >= 4 is 6.29 Å². The molecule has 0 amide bonds. The zero-order valence-electron chi connectivity index (χ0n) is 12.0. The summed E-state index contributed by atoms with van der Waals surface area (Å²) in [5.74, 6) is 0. The van der Waals surface area contributed by atoms with Gasteiger partial charge in [0.2, 0.25) is 0 Å². The van der Waals surface area contributed by atoms with Gasteiger partial charge in [-0.2, -0.15) is 10.4 Å². The van der Waals surface area contributed by atoms with Crippen LogP contribution < -0.4 is 0 Å². The predicted molar refractivity (Wildman–Crippen MR) is 84.3 cm³/mol. The number of aldehydes is 1. The summed E-state index contributed by atoms with van der Waals surface area (Å²) >= 11 is 0. The van der Waals surface area contributed by atoms with E-state index in [2.05, 4.69) is 22.3 Å². The van der Waals surface area contributed by atoms with Gasteiger partial charge in [0.15, 0.2) is 6.29 Å². The van der Waals surface area contributed by atoms with Crippen LogP contribution in [0.1, 0.15) is 21.6 Å². The van der Waals surface area contributed by atoms with E-state index in [0.29, 0.717) is 23.2 Å². The Morgan fingerprint density at radius 3 is 2.68 bits per heavy atom. The summed E-state index contributed by atoms with van der Waals surface area (Å²) in [4.78, 5) is 10.7. The maximum Gasteiger partial charge on any atom is 0.167 e. The van der Waals surface area contributed by atoms with Crippen LogP contribution in [0.25, 0.3) is 22.4 Å². The van der Waals surface area contributed by atoms with Gasteiger partial charge in [0.1, 0.15) is 0 Å². The second kappa shape index (κ2) is 5.66. The predicted octanol–water partition coefficient (Wildman–Crippen LogP) is 3.74. The molecule has 0 bridgehead atoms. The summed E-state index contributed by atoms with van der Waals surface area (Å²) in [5, 5.41) is 16.2. The van der Waals surface area contributed by atoms with Gasteiger partial charge in [-0.25, -0.2) is 0 Å². The molecule has 3 aromatic rings. The number of carbonyl (C=O) groups excluding carboxylic acids is 1. The molecule has 0 aliphatic heterocycles. The van der Waals surface area contributed by atoms with E-state index in [4.69, 9.17) is 0 Å². The Kier molecular flexibility index (Phi) is 3.55. The summed E-state index contributed by atoms with van der Waals surface area (Å²) in [7, 11) is 0. The fraction of sp³-hybridized carbons (Fsp3) is 0.0556. The number of hydrogen-bond acceptors (Lipinski definition) is 3. The van der Waals surface area contributed by atoms with Gasteiger partial charge in [-0.05, 0) is 30.2 Å². The summed E-state index contributed by atoms with van der Waals surface area (Å²) in [6.07, 6.45) is 0.711. The molecule has 0 aliphatic carbocycles. The first-order valence-corrected chi connectivity index (χ1v) is 6.83. The van der Waals surface area contributed by atoms with Crippen molar-refractivity contribution in [2.45, 2.75) is 6.92 Å². The monoisotopic (exact) mass is 287 g/mol. The molecule has 0 saturated carbocycles. The number of aromatic nitrogens is 2. The molecule has 1 aromatic heterocycles. The first kappa shape index (κ1) is 13.8. The highest BCUT2D eigenvalue weighted by Gasteiger charge is 2.09. The Balaban J connectivity index is 2.08. The number of H-pyrrole nitrogens is 1. The second-order valence-electron chi connectivity index (χ2n) is 5.07. The van der Waals surface area contributed by atoms with Gasteiger partial charge < -0.3 is 0 Å². The number of aromatic amines is 1. The van der Waals surface area contributed by atoms with Crippen LogP contribution in [-0.4, -0.2) is 16.5 Å². The third kappa shape index (κ3) is 2.52. The van der Waals surface area contributed by atoms with Crippen LogP contribution in [0.2, 0.25) is 0 Å². The zero-order chi connectivity index (χ0) is 15.5. The number of hydrogen-bond donors (Lipinski definition) is 1. The lowest BCUT2D eigenvalue weighted by Crippen LogP contribution is -1.87. The third-order valence-electron chi connectivity index (χ3n) is 3.49. The van der Waals surface area contributed by atoms with Gasteiger partial charge in [0.05, 0.1) is 23.0 Å². The Morgan fingerprint density at radius 2 is 2.00 bits per heavy atom. The lowest BCUT2D eigenvalue weighted by molar-refractivity contribution is 0.111. The fourth-order valence-electron chi connectivity index (χ4n) is 2.41. The second-order valence-corrected chi connectivity index (χ2v) is 5.07. The van der Waals surface area contributed by atoms with Crippen LogP contribution >= 0.6 is 0 Å². The molecule has 22 heavy (non-hydrogen) atoms. The lowest BCUT2D eigenvalue weighted by Gasteiger charge is -2.07. The summed E-state index contributed by atoms with van der Waals surface area (Å²) < 4.78 is 0. The van der Waals surface area contributed by atoms with Gasteiger partial charge in [-0.15, -0.1) is 0 Å². The van der Waals surface area contributed by atoms with E-state index in [0.717, 1.165) is 22.3 Å². The van der Waals surface area contributed by atoms with Crippen LogP contribution in [0, 0.1) is 18.3 Å². The highest BCUT2D eigenvalue weighted by atomic mass is 16.1. The van der Waals surface area contributed by atoms with Crippen molar-refractivity contribution in [2.24, 2.45) is 0 Å². The molecule has 106 valence electrons. The quantitative estimate of drug-likeness (QED) is 0.746. The van der Waals surface area contributed by atoms with Crippen LogP contribution in [0.3, 0.4) is 0 Å². The number of nitrogens with zero attached hydrogens (tertiary/aromatic N) is 2. The Morgan fingerprint density at radius 1 is 1.14 bits per heavy atom. The van der Waals surface area contributed by atoms with Gasteiger partial charge in [0.25, 0.3) is 0 Å². The standard InChI is InChI=1S/C18H13N3O/c1-12-3-2-4-13(7-12)17-6-5-14(8-15(17)10-19)18-9-16(11-22)20-21-18/h2-9,11H,1H3,(H,20,21). The van der Waals surface area contributed by atoms with Crippen molar-refractivity contribution in [3.05, 3.63) is 65.4 Å². The maximum absolute atomic E-state index is 10.7. The van der Waals surface area contributed by atoms with Crippen molar-refractivity contribution in [1.82, 2.24) is 10.2 Å². The SMILES string of the molecule is Cc1cccc(-c2ccc(-c3cc(C=O)[nH]n3)cc2C#N)c1. The van der Waals surface area contributed by atoms with Crippen LogP contribution in [-0.2, 0) is 0 Å². The molecule has 0 atom stereocenters. The van der Waals surface area contributed by atoms with Gasteiger partial charge >= 0.3 is 0 Å². The molecule has 1 heterocycles. The molecular formula is C18H13N3O. The number of rotatable bonds is 3. The van der Waals surface area contributed by atoms with E-state index >= 15 is 0 Å². The molecule has 0 radical (unpaired) electrons. The Labute approximate surface area is 128 Å². The molecule has 4 nitrogen and oxygen atoms in total. The van der Waals surface area contributed by atoms with Crippen molar-refractivity contribution < 1.29 is 4.79 Å². The first-order valence-electron chi connectivity index (χ1n) is 6.83. The topological polar surface area (TPSA) is 69.5 Å². The van der Waals surface area contributed by atoms with Crippen LogP contribution in [0.5, 0.6) is 0 Å². The molecule has 4 heteroatoms. The molecular weight excluding hydrogens is 274 g/mol. The van der Waals surface area contributed by atoms with E-state index in [1.165, 1.54) is 0 Å². The minimum Gasteiger partial charge on any atom is -0.296 e. The van der Waals surface area contributed by atoms with Crippen LogP contribution in [0.15, 0.2) is 48.5 Å². The zero-order valence-corrected chi connectivity index (χ0v) is 12.0. The number of aryl methyl sites for hydroxylation is 1. The summed E-state index contributed by atoms with van der Waals surface area (Å²) in [5.41, 5.74) is 5.50. The molecule has 0 unspecified atom stereocenters. The normalized spacial score (nSPS) is 10.2. The molecule has 0 fully saturated rings. The largest absolute Gasteiger partial charge is 0.296 e. The van der Waals surface area contributed by atoms with E-state index in [1.54, 1.807) is 12.1 Å². The lowest BCUT2D eigenvalue weighted by atomic mass is 9.96. The highest BCUT2D eigenvalue weighted by molar-refractivity contribution is 5.78. The average Bonchev–Trinajstić information content (AvgIpc) is 3.03. The number of carbonyl (C=O) groups is 1. The van der Waals surface area contributed by atoms with Gasteiger partial charge in [-0.3, -0.25) is 9.89 Å². The van der Waals surface area contributed by atoms with Gasteiger partial charge in [0, 0.05) is 5.56 Å². The maximum atomic E-state index is 10.7. The van der Waals surface area contributed by atoms with Crippen molar-refractivity contribution in [3.8, 4) is 28.5 Å². The number of nitriles is 1. The third-order valence-corrected chi connectivity index (χ3v) is 3.49. The van der Waals surface area contributed by atoms with Crippen LogP contribution in [0.4, 0.5) is 0 Å². The molecule has 0 saturated heterocycles. The van der Waals surface area contributed by atoms with E-state index in [-0.39, 0.29) is 0 Å². The molecule has 0 aliphatic rings. The van der Waals surface area contributed by atoms with Crippen molar-refractivity contribution in [1.29, 1.82) is 5.26 Å². The number of nitrogens with one attached hydrogen (secondary N) is 1. The minimum absolute atomic E-state index is 0.413. The fourth-order valence-corrected chi connectivity index (χ4v) is 2.41. The Bertz CT molecular complexity index is 887. The van der Waals surface area contributed by atoms with E-state index in [9.17, 15) is 10.1 Å². The van der Waals surface area contributed by atoms with Crippen molar-refractivity contribution in [3.63, 3.8) is 0 Å². The highest BCUT2D eigenvalue weighted by Crippen LogP contribution is 2.28. The van der Waals surface area contributed by atoms with E-state index < -0.39 is 0 Å². The molecule has 2 aromatic carbocycles. The number of benzene rings is 2. The van der Waals surface area contributed by atoms with Crippen molar-refractivity contribution in [2.75, 3.05) is 0 Å². The first-order chi connectivity index (χ1) is 10.7. The van der Waals surface area contributed by atoms with E-state index in [1.807, 2.05) is 37.3 Å². The average molecular weight is 287 g/mol. The molecule has 0 spiro atoms. The smallest absolute Gasteiger partial charge is 0.167 e. The van der Waals surface area contributed by atoms with Gasteiger partial charge in [-0.1, -0.05) is 42.0 Å². The molecule has 3 rings (SSSR count). The summed E-state index contributed by atoms with van der Waals surface area (Å²) in [6.45, 7) is 2.02.